The molecule has 0 aliphatic carbocycles. The van der Waals surface area contributed by atoms with Crippen LogP contribution in [0.4, 0.5) is 9.18 Å². The Kier molecular flexibility index (Phi) is 6.95. The summed E-state index contributed by atoms with van der Waals surface area (Å²) >= 11 is 3.29. The normalized spacial score (nSPS) is 10.7. The summed E-state index contributed by atoms with van der Waals surface area (Å²) in [4.78, 5) is 15.5. The molecule has 0 saturated carbocycles. The van der Waals surface area contributed by atoms with E-state index in [0.29, 0.717) is 12.1 Å². The minimum absolute atomic E-state index is 0.183. The van der Waals surface area contributed by atoms with Gasteiger partial charge in [0.05, 0.1) is 0 Å². The lowest BCUT2D eigenvalue weighted by Crippen LogP contribution is -2.38. The number of hydrogen-bond acceptors (Lipinski definition) is 2. The number of urea groups is 1. The summed E-state index contributed by atoms with van der Waals surface area (Å²) < 4.78 is 14.3. The van der Waals surface area contributed by atoms with Crippen molar-refractivity contribution in [3.05, 3.63) is 34.1 Å². The molecule has 1 rings (SSSR count). The molecule has 1 aromatic rings. The smallest absolute Gasteiger partial charge is 0.317 e. The van der Waals surface area contributed by atoms with Gasteiger partial charge in [0.1, 0.15) is 5.82 Å². The van der Waals surface area contributed by atoms with Gasteiger partial charge in [-0.2, -0.15) is 0 Å². The van der Waals surface area contributed by atoms with Crippen molar-refractivity contribution in [3.63, 3.8) is 0 Å². The van der Waals surface area contributed by atoms with Crippen molar-refractivity contribution in [3.8, 4) is 0 Å². The molecule has 0 aromatic heterocycles. The van der Waals surface area contributed by atoms with Gasteiger partial charge >= 0.3 is 6.03 Å². The molecule has 0 saturated heterocycles. The van der Waals surface area contributed by atoms with Gasteiger partial charge in [0, 0.05) is 30.2 Å². The van der Waals surface area contributed by atoms with E-state index in [9.17, 15) is 9.18 Å². The third kappa shape index (κ3) is 5.88. The Morgan fingerprint density at radius 2 is 2.00 bits per heavy atom. The van der Waals surface area contributed by atoms with Crippen molar-refractivity contribution in [2.45, 2.75) is 13.0 Å². The molecule has 1 N–H and O–H groups in total. The van der Waals surface area contributed by atoms with Crippen molar-refractivity contribution in [1.82, 2.24) is 15.1 Å². The number of nitrogens with one attached hydrogen (secondary N) is 1. The summed E-state index contributed by atoms with van der Waals surface area (Å²) in [5, 5.41) is 2.72. The summed E-state index contributed by atoms with van der Waals surface area (Å²) in [5.41, 5.74) is 0.467. The van der Waals surface area contributed by atoms with Gasteiger partial charge < -0.3 is 15.1 Å². The van der Waals surface area contributed by atoms with Crippen LogP contribution in [0, 0.1) is 5.82 Å². The number of nitrogens with zero attached hydrogens (tertiary/aromatic N) is 2. The van der Waals surface area contributed by atoms with Gasteiger partial charge in [0.15, 0.2) is 0 Å². The van der Waals surface area contributed by atoms with Crippen LogP contribution in [0.1, 0.15) is 12.0 Å². The lowest BCUT2D eigenvalue weighted by molar-refractivity contribution is 0.206. The Balaban J connectivity index is 2.40. The number of rotatable bonds is 6. The first-order chi connectivity index (χ1) is 9.40. The van der Waals surface area contributed by atoms with E-state index >= 15 is 0 Å². The van der Waals surface area contributed by atoms with Crippen LogP contribution in [0.2, 0.25) is 0 Å². The molecule has 112 valence electrons. The summed E-state index contributed by atoms with van der Waals surface area (Å²) in [5.74, 6) is -0.316. The largest absolute Gasteiger partial charge is 0.334 e. The van der Waals surface area contributed by atoms with Crippen LogP contribution in [0.15, 0.2) is 22.7 Å². The zero-order valence-electron chi connectivity index (χ0n) is 12.1. The second-order valence-electron chi connectivity index (χ2n) is 4.97. The zero-order valence-corrected chi connectivity index (χ0v) is 13.7. The molecular formula is C14H21BrFN3O. The monoisotopic (exact) mass is 345 g/mol. The molecule has 4 nitrogen and oxygen atoms in total. The van der Waals surface area contributed by atoms with Gasteiger partial charge in [0.2, 0.25) is 0 Å². The van der Waals surface area contributed by atoms with Crippen LogP contribution in [-0.2, 0) is 6.54 Å². The average molecular weight is 346 g/mol. The zero-order chi connectivity index (χ0) is 15.1. The Hall–Kier alpha value is -1.14. The van der Waals surface area contributed by atoms with Gasteiger partial charge in [-0.15, -0.1) is 0 Å². The molecule has 6 heteroatoms. The van der Waals surface area contributed by atoms with Crippen LogP contribution >= 0.6 is 15.9 Å². The van der Waals surface area contributed by atoms with Gasteiger partial charge in [-0.1, -0.05) is 15.9 Å². The highest BCUT2D eigenvalue weighted by molar-refractivity contribution is 9.10. The van der Waals surface area contributed by atoms with Gasteiger partial charge in [-0.25, -0.2) is 9.18 Å². The summed E-state index contributed by atoms with van der Waals surface area (Å²) in [6, 6.07) is 4.49. The van der Waals surface area contributed by atoms with Crippen LogP contribution in [-0.4, -0.2) is 50.1 Å². The van der Waals surface area contributed by atoms with E-state index < -0.39 is 0 Å². The van der Waals surface area contributed by atoms with Crippen molar-refractivity contribution in [2.24, 2.45) is 0 Å². The fraction of sp³-hybridized carbons (Fsp3) is 0.500. The molecule has 0 bridgehead atoms. The van der Waals surface area contributed by atoms with Gasteiger partial charge in [-0.05, 0) is 45.3 Å². The predicted octanol–water partition coefficient (Wildman–Crippen LogP) is 2.68. The number of benzene rings is 1. The van der Waals surface area contributed by atoms with E-state index in [1.165, 1.54) is 6.07 Å². The van der Waals surface area contributed by atoms with Gasteiger partial charge in [-0.3, -0.25) is 0 Å². The first-order valence-corrected chi connectivity index (χ1v) is 7.27. The van der Waals surface area contributed by atoms with Gasteiger partial charge in [0.25, 0.3) is 0 Å². The SMILES string of the molecule is CN(C)CCCN(C)C(=O)NCc1cc(Br)ccc1F. The third-order valence-electron chi connectivity index (χ3n) is 2.88. The maximum atomic E-state index is 13.5. The molecule has 1 aromatic carbocycles. The van der Waals surface area contributed by atoms with Crippen molar-refractivity contribution >= 4 is 22.0 Å². The summed E-state index contributed by atoms with van der Waals surface area (Å²) in [6.07, 6.45) is 0.905. The highest BCUT2D eigenvalue weighted by Crippen LogP contribution is 2.15. The van der Waals surface area contributed by atoms with Crippen LogP contribution < -0.4 is 5.32 Å². The lowest BCUT2D eigenvalue weighted by Gasteiger charge is -2.19. The first kappa shape index (κ1) is 16.9. The molecule has 20 heavy (non-hydrogen) atoms. The molecule has 2 amide bonds. The number of carbonyl (C=O) groups excluding carboxylic acids is 1. The predicted molar refractivity (Wildman–Crippen MR) is 82.1 cm³/mol. The van der Waals surface area contributed by atoms with E-state index in [0.717, 1.165) is 17.4 Å². The third-order valence-corrected chi connectivity index (χ3v) is 3.38. The quantitative estimate of drug-likeness (QED) is 0.860. The molecule has 0 unspecified atom stereocenters. The molecule has 0 fully saturated rings. The summed E-state index contributed by atoms with van der Waals surface area (Å²) in [7, 11) is 5.73. The van der Waals surface area contributed by atoms with E-state index in [1.54, 1.807) is 24.1 Å². The first-order valence-electron chi connectivity index (χ1n) is 6.47. The van der Waals surface area contributed by atoms with Crippen LogP contribution in [0.5, 0.6) is 0 Å². The fourth-order valence-corrected chi connectivity index (χ4v) is 2.12. The molecular weight excluding hydrogens is 325 g/mol. The number of carbonyl (C=O) groups is 1. The molecule has 0 heterocycles. The summed E-state index contributed by atoms with van der Waals surface area (Å²) in [6.45, 7) is 1.78. The number of amides is 2. The molecule has 0 aliphatic heterocycles. The standard InChI is InChI=1S/C14H21BrFN3O/c1-18(2)7-4-8-19(3)14(20)17-10-11-9-12(15)5-6-13(11)16/h5-6,9H,4,7-8,10H2,1-3H3,(H,17,20). The molecule has 0 aliphatic rings. The topological polar surface area (TPSA) is 35.6 Å². The number of halogens is 2. The Labute approximate surface area is 128 Å². The maximum Gasteiger partial charge on any atom is 0.317 e. The Morgan fingerprint density at radius 3 is 2.65 bits per heavy atom. The van der Waals surface area contributed by atoms with Crippen molar-refractivity contribution < 1.29 is 9.18 Å². The Bertz CT molecular complexity index is 454. The molecule has 0 spiro atoms. The second kappa shape index (κ2) is 8.21. The van der Waals surface area contributed by atoms with Crippen LogP contribution in [0.3, 0.4) is 0 Å². The van der Waals surface area contributed by atoms with Crippen LogP contribution in [0.25, 0.3) is 0 Å². The van der Waals surface area contributed by atoms with Crippen molar-refractivity contribution in [1.29, 1.82) is 0 Å². The fourth-order valence-electron chi connectivity index (χ4n) is 1.71. The molecule has 0 radical (unpaired) electrons. The van der Waals surface area contributed by atoms with E-state index in [-0.39, 0.29) is 18.4 Å². The average Bonchev–Trinajstić information content (AvgIpc) is 2.38. The second-order valence-corrected chi connectivity index (χ2v) is 5.89. The minimum atomic E-state index is -0.316. The van der Waals surface area contributed by atoms with E-state index in [1.807, 2.05) is 14.1 Å². The maximum absolute atomic E-state index is 13.5. The highest BCUT2D eigenvalue weighted by Gasteiger charge is 2.09. The number of hydrogen-bond donors (Lipinski definition) is 1. The Morgan fingerprint density at radius 1 is 1.30 bits per heavy atom. The van der Waals surface area contributed by atoms with E-state index in [2.05, 4.69) is 26.1 Å². The van der Waals surface area contributed by atoms with Crippen molar-refractivity contribution in [2.75, 3.05) is 34.2 Å². The minimum Gasteiger partial charge on any atom is -0.334 e. The highest BCUT2D eigenvalue weighted by atomic mass is 79.9. The lowest BCUT2D eigenvalue weighted by atomic mass is 10.2. The van der Waals surface area contributed by atoms with E-state index in [4.69, 9.17) is 0 Å². The molecule has 0 atom stereocenters.